The maximum absolute atomic E-state index is 5.91. The molecule has 90 valence electrons. The monoisotopic (exact) mass is 252 g/mol. The van der Waals surface area contributed by atoms with Crippen molar-refractivity contribution >= 4 is 11.6 Å². The summed E-state index contributed by atoms with van der Waals surface area (Å²) in [6.07, 6.45) is 1.60. The standard InChI is InChI=1S/C12H13ClN2O2/c1-16-11-7-8(13)4-5-9(11)12(15-14)10-3-2-6-17-10/h2-7,12,15H,14H2,1H3. The smallest absolute Gasteiger partial charge is 0.126 e. The van der Waals surface area contributed by atoms with Gasteiger partial charge in [-0.05, 0) is 24.3 Å². The van der Waals surface area contributed by atoms with Gasteiger partial charge in [-0.3, -0.25) is 5.84 Å². The minimum absolute atomic E-state index is 0.266. The zero-order valence-electron chi connectivity index (χ0n) is 9.31. The zero-order valence-corrected chi connectivity index (χ0v) is 10.1. The number of methoxy groups -OCH3 is 1. The minimum atomic E-state index is -0.266. The van der Waals surface area contributed by atoms with Crippen LogP contribution < -0.4 is 16.0 Å². The first-order valence-corrected chi connectivity index (χ1v) is 5.47. The Labute approximate surface area is 104 Å². The van der Waals surface area contributed by atoms with E-state index < -0.39 is 0 Å². The van der Waals surface area contributed by atoms with Gasteiger partial charge in [0.05, 0.1) is 13.4 Å². The summed E-state index contributed by atoms with van der Waals surface area (Å²) in [5.74, 6) is 6.94. The van der Waals surface area contributed by atoms with Crippen LogP contribution in [0, 0.1) is 0 Å². The van der Waals surface area contributed by atoms with Crippen LogP contribution in [0.3, 0.4) is 0 Å². The van der Waals surface area contributed by atoms with E-state index in [4.69, 9.17) is 26.6 Å². The van der Waals surface area contributed by atoms with Crippen LogP contribution in [0.2, 0.25) is 5.02 Å². The van der Waals surface area contributed by atoms with Gasteiger partial charge in [0, 0.05) is 10.6 Å². The summed E-state index contributed by atoms with van der Waals surface area (Å²) >= 11 is 5.91. The number of rotatable bonds is 4. The highest BCUT2D eigenvalue weighted by molar-refractivity contribution is 6.30. The summed E-state index contributed by atoms with van der Waals surface area (Å²) in [4.78, 5) is 0. The molecule has 1 unspecified atom stereocenters. The maximum Gasteiger partial charge on any atom is 0.126 e. The van der Waals surface area contributed by atoms with Crippen molar-refractivity contribution < 1.29 is 9.15 Å². The van der Waals surface area contributed by atoms with E-state index in [9.17, 15) is 0 Å². The number of hydrazine groups is 1. The summed E-state index contributed by atoms with van der Waals surface area (Å²) in [7, 11) is 1.59. The fourth-order valence-electron chi connectivity index (χ4n) is 1.70. The molecule has 0 bridgehead atoms. The lowest BCUT2D eigenvalue weighted by Gasteiger charge is -2.17. The van der Waals surface area contributed by atoms with E-state index in [1.54, 1.807) is 25.5 Å². The molecule has 0 aliphatic rings. The number of halogens is 1. The first-order valence-electron chi connectivity index (χ1n) is 5.09. The van der Waals surface area contributed by atoms with Crippen LogP contribution >= 0.6 is 11.6 Å². The average molecular weight is 253 g/mol. The summed E-state index contributed by atoms with van der Waals surface area (Å²) in [5, 5.41) is 0.612. The second kappa shape index (κ2) is 5.23. The molecule has 0 aliphatic heterocycles. The van der Waals surface area contributed by atoms with E-state index in [1.807, 2.05) is 18.2 Å². The Hall–Kier alpha value is -1.49. The van der Waals surface area contributed by atoms with Crippen molar-refractivity contribution in [2.24, 2.45) is 5.84 Å². The molecular formula is C12H13ClN2O2. The molecule has 0 saturated heterocycles. The van der Waals surface area contributed by atoms with Crippen molar-refractivity contribution in [3.05, 3.63) is 52.9 Å². The first kappa shape index (κ1) is 12.0. The molecule has 1 aromatic carbocycles. The van der Waals surface area contributed by atoms with Crippen molar-refractivity contribution in [2.75, 3.05) is 7.11 Å². The second-order valence-corrected chi connectivity index (χ2v) is 3.94. The number of benzene rings is 1. The largest absolute Gasteiger partial charge is 0.496 e. The highest BCUT2D eigenvalue weighted by atomic mass is 35.5. The van der Waals surface area contributed by atoms with Gasteiger partial charge in [-0.25, -0.2) is 5.43 Å². The minimum Gasteiger partial charge on any atom is -0.496 e. The van der Waals surface area contributed by atoms with Gasteiger partial charge in [0.1, 0.15) is 17.6 Å². The number of hydrogen-bond acceptors (Lipinski definition) is 4. The molecule has 0 radical (unpaired) electrons. The van der Waals surface area contributed by atoms with Crippen LogP contribution in [-0.2, 0) is 0 Å². The molecule has 2 rings (SSSR count). The number of hydrogen-bond donors (Lipinski definition) is 2. The third-order valence-corrected chi connectivity index (χ3v) is 2.74. The Morgan fingerprint density at radius 2 is 2.24 bits per heavy atom. The second-order valence-electron chi connectivity index (χ2n) is 3.50. The van der Waals surface area contributed by atoms with Gasteiger partial charge in [-0.1, -0.05) is 17.7 Å². The predicted octanol–water partition coefficient (Wildman–Crippen LogP) is 2.49. The Balaban J connectivity index is 2.44. The molecule has 1 heterocycles. The molecule has 3 N–H and O–H groups in total. The topological polar surface area (TPSA) is 60.4 Å². The fourth-order valence-corrected chi connectivity index (χ4v) is 1.87. The van der Waals surface area contributed by atoms with Crippen molar-refractivity contribution in [2.45, 2.75) is 6.04 Å². The van der Waals surface area contributed by atoms with Crippen molar-refractivity contribution in [3.8, 4) is 5.75 Å². The highest BCUT2D eigenvalue weighted by Crippen LogP contribution is 2.31. The lowest BCUT2D eigenvalue weighted by atomic mass is 10.0. The van der Waals surface area contributed by atoms with Crippen LogP contribution in [0.5, 0.6) is 5.75 Å². The van der Waals surface area contributed by atoms with Crippen LogP contribution in [0.4, 0.5) is 0 Å². The van der Waals surface area contributed by atoms with E-state index in [0.717, 1.165) is 5.56 Å². The van der Waals surface area contributed by atoms with Gasteiger partial charge in [0.25, 0.3) is 0 Å². The number of nitrogens with one attached hydrogen (secondary N) is 1. The predicted molar refractivity (Wildman–Crippen MR) is 65.9 cm³/mol. The third-order valence-electron chi connectivity index (χ3n) is 2.50. The molecule has 0 spiro atoms. The summed E-state index contributed by atoms with van der Waals surface area (Å²) in [6.45, 7) is 0. The van der Waals surface area contributed by atoms with Crippen LogP contribution in [0.1, 0.15) is 17.4 Å². The molecule has 2 aromatic rings. The number of furan rings is 1. The zero-order chi connectivity index (χ0) is 12.3. The molecule has 0 amide bonds. The van der Waals surface area contributed by atoms with Crippen molar-refractivity contribution in [3.63, 3.8) is 0 Å². The van der Waals surface area contributed by atoms with Crippen LogP contribution in [-0.4, -0.2) is 7.11 Å². The van der Waals surface area contributed by atoms with E-state index in [0.29, 0.717) is 16.5 Å². The highest BCUT2D eigenvalue weighted by Gasteiger charge is 2.19. The molecule has 17 heavy (non-hydrogen) atoms. The van der Waals surface area contributed by atoms with Crippen LogP contribution in [0.25, 0.3) is 0 Å². The van der Waals surface area contributed by atoms with E-state index >= 15 is 0 Å². The Bertz CT molecular complexity index is 485. The molecule has 4 nitrogen and oxygen atoms in total. The molecule has 1 aromatic heterocycles. The molecule has 1 atom stereocenters. The van der Waals surface area contributed by atoms with Gasteiger partial charge < -0.3 is 9.15 Å². The van der Waals surface area contributed by atoms with Gasteiger partial charge in [0.15, 0.2) is 0 Å². The summed E-state index contributed by atoms with van der Waals surface area (Å²) in [5.41, 5.74) is 3.57. The maximum atomic E-state index is 5.91. The van der Waals surface area contributed by atoms with Gasteiger partial charge in [0.2, 0.25) is 0 Å². The number of nitrogens with two attached hydrogens (primary N) is 1. The van der Waals surface area contributed by atoms with E-state index in [2.05, 4.69) is 5.43 Å². The van der Waals surface area contributed by atoms with Gasteiger partial charge in [-0.2, -0.15) is 0 Å². The Morgan fingerprint density at radius 3 is 2.82 bits per heavy atom. The SMILES string of the molecule is COc1cc(Cl)ccc1C(NN)c1ccco1. The normalized spacial score (nSPS) is 12.4. The molecule has 0 fully saturated rings. The molecular weight excluding hydrogens is 240 g/mol. The third kappa shape index (κ3) is 2.44. The first-order chi connectivity index (χ1) is 8.26. The number of ether oxygens (including phenoxy) is 1. The fraction of sp³-hybridized carbons (Fsp3) is 0.167. The summed E-state index contributed by atoms with van der Waals surface area (Å²) in [6, 6.07) is 8.77. The lowest BCUT2D eigenvalue weighted by molar-refractivity contribution is 0.393. The molecule has 5 heteroatoms. The van der Waals surface area contributed by atoms with Gasteiger partial charge in [-0.15, -0.1) is 0 Å². The molecule has 0 saturated carbocycles. The lowest BCUT2D eigenvalue weighted by Crippen LogP contribution is -2.28. The van der Waals surface area contributed by atoms with Crippen molar-refractivity contribution in [1.82, 2.24) is 5.43 Å². The van der Waals surface area contributed by atoms with Gasteiger partial charge >= 0.3 is 0 Å². The quantitative estimate of drug-likeness (QED) is 0.648. The van der Waals surface area contributed by atoms with E-state index in [1.165, 1.54) is 0 Å². The van der Waals surface area contributed by atoms with Crippen LogP contribution in [0.15, 0.2) is 41.0 Å². The Morgan fingerprint density at radius 1 is 1.41 bits per heavy atom. The van der Waals surface area contributed by atoms with E-state index in [-0.39, 0.29) is 6.04 Å². The average Bonchev–Trinajstić information content (AvgIpc) is 2.85. The Kier molecular flexibility index (Phi) is 3.68. The van der Waals surface area contributed by atoms with Crippen molar-refractivity contribution in [1.29, 1.82) is 0 Å². The molecule has 0 aliphatic carbocycles. The summed E-state index contributed by atoms with van der Waals surface area (Å²) < 4.78 is 10.6.